The van der Waals surface area contributed by atoms with Crippen molar-refractivity contribution in [3.05, 3.63) is 88.5 Å². The van der Waals surface area contributed by atoms with Gasteiger partial charge in [0.15, 0.2) is 0 Å². The Morgan fingerprint density at radius 1 is 1.10 bits per heavy atom. The van der Waals surface area contributed by atoms with E-state index in [4.69, 9.17) is 9.47 Å². The van der Waals surface area contributed by atoms with Gasteiger partial charge < -0.3 is 14.8 Å². The van der Waals surface area contributed by atoms with Crippen molar-refractivity contribution in [3.63, 3.8) is 0 Å². The van der Waals surface area contributed by atoms with Gasteiger partial charge in [0.25, 0.3) is 0 Å². The fourth-order valence-electron chi connectivity index (χ4n) is 3.38. The van der Waals surface area contributed by atoms with Gasteiger partial charge in [-0.2, -0.15) is 5.26 Å². The molecule has 0 aliphatic carbocycles. The first kappa shape index (κ1) is 21.5. The lowest BCUT2D eigenvalue weighted by Crippen LogP contribution is -2.27. The van der Waals surface area contributed by atoms with Gasteiger partial charge in [0.05, 0.1) is 29.9 Å². The highest BCUT2D eigenvalue weighted by Crippen LogP contribution is 2.42. The molecule has 1 unspecified atom stereocenters. The van der Waals surface area contributed by atoms with Crippen LogP contribution in [0.15, 0.2) is 82.2 Å². The lowest BCUT2D eigenvalue weighted by atomic mass is 9.86. The summed E-state index contributed by atoms with van der Waals surface area (Å²) in [5.74, 6) is 0.702. The first-order valence-electron chi connectivity index (χ1n) is 9.74. The van der Waals surface area contributed by atoms with Crippen molar-refractivity contribution in [1.29, 1.82) is 5.26 Å². The second-order valence-electron chi connectivity index (χ2n) is 6.79. The number of thioether (sulfide) groups is 1. The second-order valence-corrected chi connectivity index (χ2v) is 7.81. The van der Waals surface area contributed by atoms with E-state index in [-0.39, 0.29) is 6.61 Å². The van der Waals surface area contributed by atoms with Crippen LogP contribution >= 0.6 is 11.8 Å². The average molecular weight is 421 g/mol. The number of carbonyl (C=O) groups is 1. The second kappa shape index (κ2) is 10.0. The Labute approximate surface area is 181 Å². The molecule has 30 heavy (non-hydrogen) atoms. The number of rotatable bonds is 6. The quantitative estimate of drug-likeness (QED) is 0.466. The minimum absolute atomic E-state index is 0.215. The Morgan fingerprint density at radius 3 is 2.50 bits per heavy atom. The molecule has 0 bridgehead atoms. The van der Waals surface area contributed by atoms with E-state index < -0.39 is 12.1 Å². The number of benzene rings is 2. The van der Waals surface area contributed by atoms with Gasteiger partial charge in [0.1, 0.15) is 5.76 Å². The monoisotopic (exact) mass is 420 g/mol. The molecule has 2 aromatic carbocycles. The van der Waals surface area contributed by atoms with E-state index in [0.717, 1.165) is 21.9 Å². The number of dihydropyridines is 1. The summed E-state index contributed by atoms with van der Waals surface area (Å²) in [6.07, 6.45) is -0.773. The molecule has 1 atom stereocenters. The highest BCUT2D eigenvalue weighted by atomic mass is 32.2. The van der Waals surface area contributed by atoms with Crippen LogP contribution in [0.3, 0.4) is 0 Å². The summed E-state index contributed by atoms with van der Waals surface area (Å²) >= 11 is 1.69. The van der Waals surface area contributed by atoms with Crippen molar-refractivity contribution in [2.75, 3.05) is 6.61 Å². The first-order valence-corrected chi connectivity index (χ1v) is 10.7. The number of ether oxygens (including phenoxy) is 2. The maximum atomic E-state index is 12.1. The van der Waals surface area contributed by atoms with Gasteiger partial charge in [-0.1, -0.05) is 48.5 Å². The minimum Gasteiger partial charge on any atom is -0.434 e. The average Bonchev–Trinajstić information content (AvgIpc) is 2.75. The fraction of sp³-hybridized carbons (Fsp3) is 0.250. The van der Waals surface area contributed by atoms with E-state index in [0.29, 0.717) is 17.0 Å². The van der Waals surface area contributed by atoms with Crippen molar-refractivity contribution in [3.8, 4) is 6.07 Å². The number of nitriles is 1. The Morgan fingerprint density at radius 2 is 1.80 bits per heavy atom. The van der Waals surface area contributed by atoms with Crippen molar-refractivity contribution in [2.24, 2.45) is 0 Å². The largest absolute Gasteiger partial charge is 0.513 e. The van der Waals surface area contributed by atoms with Crippen molar-refractivity contribution in [1.82, 2.24) is 5.32 Å². The number of nitrogens with zero attached hydrogens (tertiary/aromatic N) is 1. The van der Waals surface area contributed by atoms with Crippen LogP contribution in [-0.4, -0.2) is 12.8 Å². The SMILES string of the molecule is CCOC(=O)OC1=C(C)NC(C)=C(C#N)C1c1ccccc1SCc1ccccc1. The van der Waals surface area contributed by atoms with Crippen LogP contribution in [0.1, 0.15) is 37.8 Å². The fourth-order valence-corrected chi connectivity index (χ4v) is 4.42. The Hall–Kier alpha value is -3.17. The lowest BCUT2D eigenvalue weighted by molar-refractivity contribution is 0.0771. The number of allylic oxidation sites excluding steroid dienone is 3. The molecule has 154 valence electrons. The van der Waals surface area contributed by atoms with Gasteiger partial charge in [-0.3, -0.25) is 0 Å². The maximum absolute atomic E-state index is 12.1. The highest BCUT2D eigenvalue weighted by Gasteiger charge is 2.34. The Kier molecular flexibility index (Phi) is 7.21. The molecule has 0 radical (unpaired) electrons. The van der Waals surface area contributed by atoms with E-state index in [1.54, 1.807) is 18.7 Å². The third kappa shape index (κ3) is 4.87. The van der Waals surface area contributed by atoms with Gasteiger partial charge in [-0.15, -0.1) is 11.8 Å². The van der Waals surface area contributed by atoms with E-state index >= 15 is 0 Å². The predicted octanol–water partition coefficient (Wildman–Crippen LogP) is 5.87. The molecule has 0 saturated carbocycles. The number of nitrogens with one attached hydrogen (secondary N) is 1. The summed E-state index contributed by atoms with van der Waals surface area (Å²) < 4.78 is 10.6. The Balaban J connectivity index is 2.00. The molecular weight excluding hydrogens is 396 g/mol. The molecule has 6 heteroatoms. The smallest absolute Gasteiger partial charge is 0.434 e. The van der Waals surface area contributed by atoms with Crippen LogP contribution in [-0.2, 0) is 15.2 Å². The lowest BCUT2D eigenvalue weighted by Gasteiger charge is -2.29. The molecule has 1 heterocycles. The van der Waals surface area contributed by atoms with Crippen molar-refractivity contribution in [2.45, 2.75) is 37.3 Å². The minimum atomic E-state index is -0.773. The van der Waals surface area contributed by atoms with Crippen LogP contribution in [0, 0.1) is 11.3 Å². The maximum Gasteiger partial charge on any atom is 0.513 e. The topological polar surface area (TPSA) is 71.3 Å². The normalized spacial score (nSPS) is 16.0. The van der Waals surface area contributed by atoms with Crippen molar-refractivity contribution >= 4 is 17.9 Å². The summed E-state index contributed by atoms with van der Waals surface area (Å²) in [5, 5.41) is 13.0. The predicted molar refractivity (Wildman–Crippen MR) is 117 cm³/mol. The van der Waals surface area contributed by atoms with Crippen LogP contribution in [0.2, 0.25) is 0 Å². The van der Waals surface area contributed by atoms with Gasteiger partial charge in [0.2, 0.25) is 0 Å². The summed E-state index contributed by atoms with van der Waals surface area (Å²) in [6.45, 7) is 5.63. The van der Waals surface area contributed by atoms with Gasteiger partial charge in [-0.05, 0) is 38.0 Å². The van der Waals surface area contributed by atoms with E-state index in [1.165, 1.54) is 5.56 Å². The summed E-state index contributed by atoms with van der Waals surface area (Å²) in [6, 6.07) is 20.4. The molecule has 0 saturated heterocycles. The van der Waals surface area contributed by atoms with Crippen molar-refractivity contribution < 1.29 is 14.3 Å². The first-order chi connectivity index (χ1) is 14.5. The molecular formula is C24H24N2O3S. The van der Waals surface area contributed by atoms with Gasteiger partial charge in [0, 0.05) is 16.3 Å². The molecule has 0 spiro atoms. The number of hydrogen-bond donors (Lipinski definition) is 1. The molecule has 1 N–H and O–H groups in total. The molecule has 0 aromatic heterocycles. The van der Waals surface area contributed by atoms with Gasteiger partial charge in [-0.25, -0.2) is 4.79 Å². The van der Waals surface area contributed by atoms with E-state index in [2.05, 4.69) is 23.5 Å². The molecule has 1 aliphatic rings. The van der Waals surface area contributed by atoms with E-state index in [9.17, 15) is 10.1 Å². The summed E-state index contributed by atoms with van der Waals surface area (Å²) in [5.41, 5.74) is 4.10. The van der Waals surface area contributed by atoms with Crippen LogP contribution in [0.5, 0.6) is 0 Å². The van der Waals surface area contributed by atoms with Crippen LogP contribution < -0.4 is 5.32 Å². The molecule has 3 rings (SSSR count). The third-order valence-electron chi connectivity index (χ3n) is 4.74. The highest BCUT2D eigenvalue weighted by molar-refractivity contribution is 7.98. The van der Waals surface area contributed by atoms with Gasteiger partial charge >= 0.3 is 6.16 Å². The molecule has 2 aromatic rings. The molecule has 0 fully saturated rings. The Bertz CT molecular complexity index is 1020. The zero-order chi connectivity index (χ0) is 21.5. The van der Waals surface area contributed by atoms with Crippen LogP contribution in [0.4, 0.5) is 4.79 Å². The summed E-state index contributed by atoms with van der Waals surface area (Å²) in [4.78, 5) is 13.1. The summed E-state index contributed by atoms with van der Waals surface area (Å²) in [7, 11) is 0. The van der Waals surface area contributed by atoms with E-state index in [1.807, 2.05) is 56.3 Å². The standard InChI is InChI=1S/C24H24N2O3S/c1-4-28-24(27)29-23-17(3)26-16(2)20(14-25)22(23)19-12-8-9-13-21(19)30-15-18-10-6-5-7-11-18/h5-13,22,26H,4,15H2,1-3H3. The van der Waals surface area contributed by atoms with Crippen LogP contribution in [0.25, 0.3) is 0 Å². The molecule has 0 amide bonds. The molecule has 5 nitrogen and oxygen atoms in total. The third-order valence-corrected chi connectivity index (χ3v) is 5.90. The zero-order valence-corrected chi connectivity index (χ0v) is 18.1. The number of carbonyl (C=O) groups excluding carboxylic acids is 1. The molecule has 1 aliphatic heterocycles. The number of hydrogen-bond acceptors (Lipinski definition) is 6. The zero-order valence-electron chi connectivity index (χ0n) is 17.3.